The van der Waals surface area contributed by atoms with E-state index in [0.29, 0.717) is 17.2 Å². The molecule has 26 heavy (non-hydrogen) atoms. The van der Waals surface area contributed by atoms with Crippen LogP contribution in [0.3, 0.4) is 0 Å². The van der Waals surface area contributed by atoms with Gasteiger partial charge in [-0.3, -0.25) is 4.79 Å². The molecule has 3 rings (SSSR count). The van der Waals surface area contributed by atoms with Crippen molar-refractivity contribution >= 4 is 11.6 Å². The van der Waals surface area contributed by atoms with Gasteiger partial charge in [0.1, 0.15) is 0 Å². The summed E-state index contributed by atoms with van der Waals surface area (Å²) in [6.45, 7) is 5.30. The van der Waals surface area contributed by atoms with E-state index in [-0.39, 0.29) is 24.4 Å². The SMILES string of the molecule is CC(=O)N1CCC(COC2CCN(c3cccc(CO)c3F)CC2)CC1. The second-order valence-corrected chi connectivity index (χ2v) is 7.38. The molecule has 6 heteroatoms. The number of amides is 1. The summed E-state index contributed by atoms with van der Waals surface area (Å²) in [5.41, 5.74) is 0.921. The van der Waals surface area contributed by atoms with E-state index < -0.39 is 0 Å². The van der Waals surface area contributed by atoms with E-state index in [2.05, 4.69) is 0 Å². The Morgan fingerprint density at radius 1 is 1.19 bits per heavy atom. The number of hydrogen-bond donors (Lipinski definition) is 1. The van der Waals surface area contributed by atoms with E-state index in [4.69, 9.17) is 4.74 Å². The molecule has 2 aliphatic heterocycles. The highest BCUT2D eigenvalue weighted by Crippen LogP contribution is 2.27. The average molecular weight is 364 g/mol. The molecule has 1 N–H and O–H groups in total. The first-order valence-corrected chi connectivity index (χ1v) is 9.58. The predicted molar refractivity (Wildman–Crippen MR) is 98.5 cm³/mol. The Morgan fingerprint density at radius 2 is 1.88 bits per heavy atom. The summed E-state index contributed by atoms with van der Waals surface area (Å²) in [5.74, 6) is 0.378. The second-order valence-electron chi connectivity index (χ2n) is 7.38. The lowest BCUT2D eigenvalue weighted by Crippen LogP contribution is -2.40. The number of rotatable bonds is 5. The van der Waals surface area contributed by atoms with Gasteiger partial charge in [-0.15, -0.1) is 0 Å². The first-order valence-electron chi connectivity index (χ1n) is 9.58. The van der Waals surface area contributed by atoms with E-state index in [9.17, 15) is 14.3 Å². The van der Waals surface area contributed by atoms with Gasteiger partial charge in [-0.1, -0.05) is 12.1 Å². The Labute approximate surface area is 154 Å². The minimum absolute atomic E-state index is 0.161. The van der Waals surface area contributed by atoms with Gasteiger partial charge in [-0.25, -0.2) is 4.39 Å². The second kappa shape index (κ2) is 8.82. The number of piperidine rings is 2. The standard InChI is InChI=1S/C20H29FN2O3/c1-15(25)22-9-5-16(6-10-22)14-26-18-7-11-23(12-8-18)19-4-2-3-17(13-24)20(19)21/h2-4,16,18,24H,5-14H2,1H3. The number of hydrogen-bond acceptors (Lipinski definition) is 4. The zero-order valence-corrected chi connectivity index (χ0v) is 15.5. The molecule has 0 atom stereocenters. The summed E-state index contributed by atoms with van der Waals surface area (Å²) in [5, 5.41) is 9.22. The van der Waals surface area contributed by atoms with Gasteiger partial charge in [0.05, 0.1) is 18.4 Å². The summed E-state index contributed by atoms with van der Waals surface area (Å²) in [6, 6.07) is 5.19. The van der Waals surface area contributed by atoms with E-state index in [0.717, 1.165) is 58.5 Å². The molecule has 2 fully saturated rings. The van der Waals surface area contributed by atoms with Gasteiger partial charge in [0.25, 0.3) is 0 Å². The molecule has 0 bridgehead atoms. The van der Waals surface area contributed by atoms with Crippen LogP contribution < -0.4 is 4.90 Å². The van der Waals surface area contributed by atoms with Crippen LogP contribution >= 0.6 is 0 Å². The van der Waals surface area contributed by atoms with Crippen molar-refractivity contribution in [3.63, 3.8) is 0 Å². The van der Waals surface area contributed by atoms with Crippen LogP contribution in [0.5, 0.6) is 0 Å². The number of aliphatic hydroxyl groups is 1. The Hall–Kier alpha value is -1.66. The smallest absolute Gasteiger partial charge is 0.219 e. The van der Waals surface area contributed by atoms with Gasteiger partial charge >= 0.3 is 0 Å². The topological polar surface area (TPSA) is 53.0 Å². The summed E-state index contributed by atoms with van der Waals surface area (Å²) >= 11 is 0. The maximum atomic E-state index is 14.4. The maximum absolute atomic E-state index is 14.4. The van der Waals surface area contributed by atoms with Crippen LogP contribution in [-0.2, 0) is 16.1 Å². The molecule has 0 saturated carbocycles. The molecular formula is C20H29FN2O3. The summed E-state index contributed by atoms with van der Waals surface area (Å²) in [7, 11) is 0. The van der Waals surface area contributed by atoms with Crippen molar-refractivity contribution in [2.45, 2.75) is 45.3 Å². The van der Waals surface area contributed by atoms with Crippen LogP contribution in [0.15, 0.2) is 18.2 Å². The highest BCUT2D eigenvalue weighted by atomic mass is 19.1. The fraction of sp³-hybridized carbons (Fsp3) is 0.650. The lowest BCUT2D eigenvalue weighted by Gasteiger charge is -2.36. The molecule has 0 unspecified atom stereocenters. The first-order chi connectivity index (χ1) is 12.6. The van der Waals surface area contributed by atoms with Crippen molar-refractivity contribution in [2.24, 2.45) is 5.92 Å². The van der Waals surface area contributed by atoms with Gasteiger partial charge < -0.3 is 19.6 Å². The zero-order chi connectivity index (χ0) is 18.5. The minimum Gasteiger partial charge on any atom is -0.392 e. The fourth-order valence-corrected chi connectivity index (χ4v) is 3.88. The van der Waals surface area contributed by atoms with Crippen molar-refractivity contribution in [1.82, 2.24) is 4.90 Å². The number of anilines is 1. The summed E-state index contributed by atoms with van der Waals surface area (Å²) < 4.78 is 20.5. The first kappa shape index (κ1) is 19.1. The van der Waals surface area contributed by atoms with Crippen LogP contribution in [0.4, 0.5) is 10.1 Å². The molecule has 0 aromatic heterocycles. The molecule has 2 aliphatic rings. The molecule has 5 nitrogen and oxygen atoms in total. The third kappa shape index (κ3) is 4.54. The van der Waals surface area contributed by atoms with Crippen LogP contribution in [0, 0.1) is 11.7 Å². The summed E-state index contributed by atoms with van der Waals surface area (Å²) in [6.07, 6.45) is 4.01. The van der Waals surface area contributed by atoms with E-state index in [1.807, 2.05) is 9.80 Å². The van der Waals surface area contributed by atoms with Crippen LogP contribution in [-0.4, -0.2) is 54.8 Å². The van der Waals surface area contributed by atoms with Gasteiger partial charge in [0.2, 0.25) is 5.91 Å². The highest BCUT2D eigenvalue weighted by Gasteiger charge is 2.25. The molecule has 2 saturated heterocycles. The lowest BCUT2D eigenvalue weighted by molar-refractivity contribution is -0.130. The minimum atomic E-state index is -0.313. The molecule has 1 aromatic carbocycles. The van der Waals surface area contributed by atoms with Crippen molar-refractivity contribution in [3.05, 3.63) is 29.6 Å². The highest BCUT2D eigenvalue weighted by molar-refractivity contribution is 5.73. The molecule has 1 amide bonds. The number of benzene rings is 1. The third-order valence-electron chi connectivity index (χ3n) is 5.64. The number of ether oxygens (including phenoxy) is 1. The van der Waals surface area contributed by atoms with Crippen LogP contribution in [0.2, 0.25) is 0 Å². The van der Waals surface area contributed by atoms with Gasteiger partial charge in [0, 0.05) is 45.3 Å². The largest absolute Gasteiger partial charge is 0.392 e. The molecule has 2 heterocycles. The van der Waals surface area contributed by atoms with E-state index in [1.54, 1.807) is 25.1 Å². The number of aliphatic hydroxyl groups excluding tert-OH is 1. The predicted octanol–water partition coefficient (Wildman–Crippen LogP) is 2.56. The monoisotopic (exact) mass is 364 g/mol. The zero-order valence-electron chi connectivity index (χ0n) is 15.5. The number of carbonyl (C=O) groups is 1. The van der Waals surface area contributed by atoms with E-state index >= 15 is 0 Å². The third-order valence-corrected chi connectivity index (χ3v) is 5.64. The Bertz CT molecular complexity index is 609. The van der Waals surface area contributed by atoms with Crippen LogP contribution in [0.1, 0.15) is 38.2 Å². The van der Waals surface area contributed by atoms with Gasteiger partial charge in [-0.05, 0) is 37.7 Å². The molecule has 0 radical (unpaired) electrons. The quantitative estimate of drug-likeness (QED) is 0.872. The number of likely N-dealkylation sites (tertiary alicyclic amines) is 1. The molecule has 144 valence electrons. The average Bonchev–Trinajstić information content (AvgIpc) is 2.67. The fourth-order valence-electron chi connectivity index (χ4n) is 3.88. The van der Waals surface area contributed by atoms with Gasteiger partial charge in [0.15, 0.2) is 5.82 Å². The maximum Gasteiger partial charge on any atom is 0.219 e. The molecule has 0 spiro atoms. The Kier molecular flexibility index (Phi) is 6.48. The Morgan fingerprint density at radius 3 is 2.50 bits per heavy atom. The van der Waals surface area contributed by atoms with Crippen LogP contribution in [0.25, 0.3) is 0 Å². The number of nitrogens with zero attached hydrogens (tertiary/aromatic N) is 2. The van der Waals surface area contributed by atoms with Gasteiger partial charge in [-0.2, -0.15) is 0 Å². The van der Waals surface area contributed by atoms with E-state index in [1.165, 1.54) is 0 Å². The van der Waals surface area contributed by atoms with Crippen molar-refractivity contribution in [1.29, 1.82) is 0 Å². The molecule has 1 aromatic rings. The van der Waals surface area contributed by atoms with Crippen molar-refractivity contribution in [3.8, 4) is 0 Å². The number of carbonyl (C=O) groups excluding carboxylic acids is 1. The lowest BCUT2D eigenvalue weighted by atomic mass is 9.97. The molecular weight excluding hydrogens is 335 g/mol. The Balaban J connectivity index is 1.43. The van der Waals surface area contributed by atoms with Crippen molar-refractivity contribution in [2.75, 3.05) is 37.7 Å². The normalized spacial score (nSPS) is 19.8. The van der Waals surface area contributed by atoms with Crippen molar-refractivity contribution < 1.29 is 19.0 Å². The molecule has 0 aliphatic carbocycles. The summed E-state index contributed by atoms with van der Waals surface area (Å²) in [4.78, 5) is 15.3. The number of halogens is 1.